The van der Waals surface area contributed by atoms with Crippen LogP contribution in [0.2, 0.25) is 0 Å². The Morgan fingerprint density at radius 3 is 1.91 bits per heavy atom. The van der Waals surface area contributed by atoms with Crippen molar-refractivity contribution in [2.75, 3.05) is 25.5 Å². The van der Waals surface area contributed by atoms with E-state index in [0.29, 0.717) is 24.1 Å². The van der Waals surface area contributed by atoms with Crippen molar-refractivity contribution >= 4 is 36.1 Å². The number of aromatic nitrogens is 1. The van der Waals surface area contributed by atoms with Crippen molar-refractivity contribution in [3.05, 3.63) is 71.5 Å². The van der Waals surface area contributed by atoms with E-state index in [1.54, 1.807) is 0 Å². The first-order chi connectivity index (χ1) is 15.4. The molecule has 0 aliphatic carbocycles. The van der Waals surface area contributed by atoms with Crippen LogP contribution in [0.4, 0.5) is 30.9 Å². The zero-order chi connectivity index (χ0) is 25.5. The second kappa shape index (κ2) is 7.94. The molecule has 5 nitrogen and oxygen atoms in total. The van der Waals surface area contributed by atoms with E-state index >= 15 is 0 Å². The third-order valence-corrected chi connectivity index (χ3v) is 5.12. The van der Waals surface area contributed by atoms with Crippen molar-refractivity contribution < 1.29 is 39.3 Å². The molecule has 2 heterocycles. The number of rotatable bonds is 4. The summed E-state index contributed by atoms with van der Waals surface area (Å²) in [5.41, 5.74) is 3.30. The molecular formula is C22H22F6N3O2P. The summed E-state index contributed by atoms with van der Waals surface area (Å²) in [7, 11) is -4.78. The monoisotopic (exact) mass is 505 g/mol. The Labute approximate surface area is 191 Å². The van der Waals surface area contributed by atoms with Gasteiger partial charge in [-0.3, -0.25) is 14.5 Å². The molecule has 34 heavy (non-hydrogen) atoms. The van der Waals surface area contributed by atoms with E-state index in [0.717, 1.165) is 22.0 Å². The summed E-state index contributed by atoms with van der Waals surface area (Å²) < 4.78 is 61.2. The number of amides is 2. The van der Waals surface area contributed by atoms with Crippen LogP contribution in [-0.4, -0.2) is 37.4 Å². The van der Waals surface area contributed by atoms with Gasteiger partial charge in [0.1, 0.15) is 7.05 Å². The number of carbonyl (C=O) groups excluding carboxylic acids is 2. The van der Waals surface area contributed by atoms with Crippen molar-refractivity contribution in [2.24, 2.45) is 7.05 Å². The Balaban J connectivity index is 0.000000406. The molecule has 1 aliphatic heterocycles. The Morgan fingerprint density at radius 1 is 0.853 bits per heavy atom. The minimum atomic E-state index is -10.7. The predicted octanol–water partition coefficient (Wildman–Crippen LogP) is 5.95. The number of aryl methyl sites for hydroxylation is 1. The molecule has 1 aromatic heterocycles. The molecule has 0 spiro atoms. The van der Waals surface area contributed by atoms with E-state index in [2.05, 4.69) is 0 Å². The van der Waals surface area contributed by atoms with Gasteiger partial charge < -0.3 is 4.90 Å². The number of hydrogen-bond donors (Lipinski definition) is 0. The molecule has 0 unspecified atom stereocenters. The van der Waals surface area contributed by atoms with Gasteiger partial charge in [0.2, 0.25) is 0 Å². The van der Waals surface area contributed by atoms with E-state index < -0.39 is 7.81 Å². The number of carbonyl (C=O) groups is 2. The Kier molecular flexibility index (Phi) is 5.94. The van der Waals surface area contributed by atoms with Gasteiger partial charge in [0.15, 0.2) is 12.4 Å². The zero-order valence-electron chi connectivity index (χ0n) is 18.5. The molecule has 0 fully saturated rings. The van der Waals surface area contributed by atoms with Crippen molar-refractivity contribution in [2.45, 2.75) is 6.42 Å². The number of nitrogens with zero attached hydrogens (tertiary/aromatic N) is 3. The van der Waals surface area contributed by atoms with Crippen molar-refractivity contribution in [3.8, 4) is 0 Å². The molecule has 0 atom stereocenters. The number of hydrogen-bond acceptors (Lipinski definition) is 3. The first-order valence-electron chi connectivity index (χ1n) is 10.0. The van der Waals surface area contributed by atoms with Crippen LogP contribution in [0.3, 0.4) is 0 Å². The summed E-state index contributed by atoms with van der Waals surface area (Å²) in [4.78, 5) is 29.5. The molecule has 0 saturated heterocycles. The fraction of sp³-hybridized carbons (Fsp3) is 0.227. The summed E-state index contributed by atoms with van der Waals surface area (Å²) in [6, 6.07) is 13.5. The Hall–Kier alpha value is -3.20. The Bertz CT molecular complexity index is 1240. The van der Waals surface area contributed by atoms with E-state index in [1.165, 1.54) is 4.90 Å². The molecule has 2 aromatic carbocycles. The molecule has 0 radical (unpaired) electrons. The van der Waals surface area contributed by atoms with Crippen LogP contribution in [0.5, 0.6) is 0 Å². The van der Waals surface area contributed by atoms with Crippen LogP contribution in [0, 0.1) is 0 Å². The van der Waals surface area contributed by atoms with Gasteiger partial charge in [0.25, 0.3) is 11.8 Å². The summed E-state index contributed by atoms with van der Waals surface area (Å²) in [5, 5.41) is 1.70. The van der Waals surface area contributed by atoms with Gasteiger partial charge >= 0.3 is 33.0 Å². The van der Waals surface area contributed by atoms with E-state index in [1.807, 2.05) is 85.5 Å². The van der Waals surface area contributed by atoms with Crippen LogP contribution < -0.4 is 9.47 Å². The average Bonchev–Trinajstić information content (AvgIpc) is 2.70. The summed E-state index contributed by atoms with van der Waals surface area (Å²) in [5.74, 6) is -0.425. The topological polar surface area (TPSA) is 44.5 Å². The maximum atomic E-state index is 13.1. The standard InChI is InChI=1S/C22H22N3O2.F6P/c1-23(2)19-8-7-18-20-16(19)5-4-6-17(20)21(26)25(22(18)27)14-11-15-9-12-24(3)13-10-15;1-7(2,3,4,5)6/h4-10,12-13H,11,14H2,1-3H3;/q+1;-1. The van der Waals surface area contributed by atoms with E-state index in [4.69, 9.17) is 0 Å². The summed E-state index contributed by atoms with van der Waals surface area (Å²) >= 11 is 0. The quantitative estimate of drug-likeness (QED) is 0.191. The molecule has 0 bridgehead atoms. The number of anilines is 1. The molecule has 12 heteroatoms. The van der Waals surface area contributed by atoms with Gasteiger partial charge in [-0.1, -0.05) is 12.1 Å². The predicted molar refractivity (Wildman–Crippen MR) is 119 cm³/mol. The normalized spacial score (nSPS) is 15.4. The number of pyridine rings is 1. The van der Waals surface area contributed by atoms with Crippen molar-refractivity contribution in [1.29, 1.82) is 0 Å². The summed E-state index contributed by atoms with van der Waals surface area (Å²) in [6.07, 6.45) is 4.57. The van der Waals surface area contributed by atoms with Gasteiger partial charge in [0.05, 0.1) is 0 Å². The fourth-order valence-corrected chi connectivity index (χ4v) is 3.66. The van der Waals surface area contributed by atoms with Crippen molar-refractivity contribution in [3.63, 3.8) is 0 Å². The molecule has 2 amide bonds. The van der Waals surface area contributed by atoms with E-state index in [-0.39, 0.29) is 11.8 Å². The molecule has 3 aromatic rings. The molecular weight excluding hydrogens is 483 g/mol. The second-order valence-electron chi connectivity index (χ2n) is 8.10. The van der Waals surface area contributed by atoms with Crippen LogP contribution >= 0.6 is 7.81 Å². The SMILES string of the molecule is CN(C)c1ccc2c3c(cccc13)C(=O)N(CCc1cc[n+](C)cc1)C2=O.F[P-](F)(F)(F)(F)F. The summed E-state index contributed by atoms with van der Waals surface area (Å²) in [6.45, 7) is 0.372. The molecule has 1 aliphatic rings. The number of imide groups is 1. The third kappa shape index (κ3) is 6.44. The first-order valence-corrected chi connectivity index (χ1v) is 12.0. The van der Waals surface area contributed by atoms with Crippen LogP contribution in [0.15, 0.2) is 54.9 Å². The third-order valence-electron chi connectivity index (χ3n) is 5.12. The minimum absolute atomic E-state index is 0.213. The van der Waals surface area contributed by atoms with Gasteiger partial charge in [0, 0.05) is 60.4 Å². The van der Waals surface area contributed by atoms with Gasteiger partial charge in [-0.05, 0) is 30.2 Å². The Morgan fingerprint density at radius 2 is 1.38 bits per heavy atom. The van der Waals surface area contributed by atoms with Gasteiger partial charge in [-0.15, -0.1) is 0 Å². The number of halogens is 6. The van der Waals surface area contributed by atoms with Gasteiger partial charge in [-0.25, -0.2) is 4.57 Å². The molecule has 184 valence electrons. The average molecular weight is 505 g/mol. The molecule has 0 saturated carbocycles. The number of benzene rings is 2. The maximum absolute atomic E-state index is 13.1. The first kappa shape index (κ1) is 25.4. The van der Waals surface area contributed by atoms with Crippen LogP contribution in [0.25, 0.3) is 10.8 Å². The molecule has 4 rings (SSSR count). The van der Waals surface area contributed by atoms with E-state index in [9.17, 15) is 34.8 Å². The second-order valence-corrected chi connectivity index (χ2v) is 10.0. The zero-order valence-corrected chi connectivity index (χ0v) is 19.4. The van der Waals surface area contributed by atoms with Crippen LogP contribution in [-0.2, 0) is 13.5 Å². The molecule has 0 N–H and O–H groups in total. The van der Waals surface area contributed by atoms with Crippen LogP contribution in [0.1, 0.15) is 26.3 Å². The van der Waals surface area contributed by atoms with Crippen molar-refractivity contribution in [1.82, 2.24) is 4.90 Å². The fourth-order valence-electron chi connectivity index (χ4n) is 3.66. The van der Waals surface area contributed by atoms with Gasteiger partial charge in [-0.2, -0.15) is 0 Å².